The molecule has 1 heterocycles. The van der Waals surface area contributed by atoms with Gasteiger partial charge < -0.3 is 10.2 Å². The van der Waals surface area contributed by atoms with E-state index in [0.717, 1.165) is 17.4 Å². The van der Waals surface area contributed by atoms with Gasteiger partial charge in [0.1, 0.15) is 0 Å². The van der Waals surface area contributed by atoms with E-state index < -0.39 is 0 Å². The minimum absolute atomic E-state index is 0.387. The summed E-state index contributed by atoms with van der Waals surface area (Å²) in [6, 6.07) is 5.04. The summed E-state index contributed by atoms with van der Waals surface area (Å²) in [6.07, 6.45) is 0. The predicted octanol–water partition coefficient (Wildman–Crippen LogP) is 3.39. The monoisotopic (exact) mass is 260 g/mol. The first-order valence-corrected chi connectivity index (χ1v) is 6.89. The van der Waals surface area contributed by atoms with Crippen LogP contribution in [0.3, 0.4) is 0 Å². The molecule has 1 aromatic heterocycles. The summed E-state index contributed by atoms with van der Waals surface area (Å²) in [5.74, 6) is 0. The highest BCUT2D eigenvalue weighted by atomic mass is 35.5. The third-order valence-corrected chi connectivity index (χ3v) is 4.23. The first kappa shape index (κ1) is 14.0. The van der Waals surface area contributed by atoms with Crippen LogP contribution >= 0.6 is 22.9 Å². The topological polar surface area (TPSA) is 15.3 Å². The van der Waals surface area contributed by atoms with Gasteiger partial charge in [-0.2, -0.15) is 0 Å². The standard InChI is InChI=1S/C12H21ClN2S/c1-9(2)15(4)8-7-14-10(3)11-5-6-12(13)16-11/h5-6,9-10,14H,7-8H2,1-4H3. The van der Waals surface area contributed by atoms with Crippen molar-refractivity contribution in [3.05, 3.63) is 21.3 Å². The van der Waals surface area contributed by atoms with Gasteiger partial charge in [0.25, 0.3) is 0 Å². The lowest BCUT2D eigenvalue weighted by atomic mass is 10.2. The summed E-state index contributed by atoms with van der Waals surface area (Å²) in [6.45, 7) is 8.68. The Bertz CT molecular complexity index is 312. The molecule has 0 aliphatic carbocycles. The van der Waals surface area contributed by atoms with Crippen LogP contribution in [0.1, 0.15) is 31.7 Å². The van der Waals surface area contributed by atoms with Crippen molar-refractivity contribution < 1.29 is 0 Å². The van der Waals surface area contributed by atoms with E-state index in [0.29, 0.717) is 12.1 Å². The van der Waals surface area contributed by atoms with Crippen molar-refractivity contribution in [1.29, 1.82) is 0 Å². The van der Waals surface area contributed by atoms with Gasteiger partial charge in [0, 0.05) is 30.1 Å². The molecule has 1 N–H and O–H groups in total. The van der Waals surface area contributed by atoms with Gasteiger partial charge >= 0.3 is 0 Å². The fourth-order valence-electron chi connectivity index (χ4n) is 1.38. The van der Waals surface area contributed by atoms with Crippen LogP contribution in [0.2, 0.25) is 4.34 Å². The maximum absolute atomic E-state index is 5.91. The van der Waals surface area contributed by atoms with Crippen LogP contribution in [0.4, 0.5) is 0 Å². The number of hydrogen-bond acceptors (Lipinski definition) is 3. The van der Waals surface area contributed by atoms with Crippen LogP contribution in [0.25, 0.3) is 0 Å². The van der Waals surface area contributed by atoms with Gasteiger partial charge in [0.2, 0.25) is 0 Å². The third-order valence-electron chi connectivity index (χ3n) is 2.82. The molecule has 0 saturated heterocycles. The molecule has 1 atom stereocenters. The van der Waals surface area contributed by atoms with E-state index in [1.807, 2.05) is 6.07 Å². The molecule has 0 amide bonds. The first-order valence-electron chi connectivity index (χ1n) is 5.69. The van der Waals surface area contributed by atoms with Crippen LogP contribution in [0.15, 0.2) is 12.1 Å². The van der Waals surface area contributed by atoms with E-state index in [-0.39, 0.29) is 0 Å². The van der Waals surface area contributed by atoms with Gasteiger partial charge in [-0.15, -0.1) is 11.3 Å². The molecule has 16 heavy (non-hydrogen) atoms. The second-order valence-corrected chi connectivity index (χ2v) is 6.14. The number of nitrogens with one attached hydrogen (secondary N) is 1. The van der Waals surface area contributed by atoms with Crippen molar-refractivity contribution in [1.82, 2.24) is 10.2 Å². The SMILES string of the molecule is CC(NCCN(C)C(C)C)c1ccc(Cl)s1. The number of halogens is 1. The smallest absolute Gasteiger partial charge is 0.0931 e. The fraction of sp³-hybridized carbons (Fsp3) is 0.667. The molecule has 0 aromatic carbocycles. The lowest BCUT2D eigenvalue weighted by Crippen LogP contribution is -2.34. The zero-order valence-electron chi connectivity index (χ0n) is 10.5. The van der Waals surface area contributed by atoms with Gasteiger partial charge in [-0.3, -0.25) is 0 Å². The molecule has 0 aliphatic heterocycles. The molecular formula is C12H21ClN2S. The molecule has 0 bridgehead atoms. The Balaban J connectivity index is 2.28. The van der Waals surface area contributed by atoms with Crippen molar-refractivity contribution in [2.24, 2.45) is 0 Å². The summed E-state index contributed by atoms with van der Waals surface area (Å²) in [4.78, 5) is 3.64. The Kier molecular flexibility index (Phi) is 5.76. The van der Waals surface area contributed by atoms with Gasteiger partial charge in [0.15, 0.2) is 0 Å². The average molecular weight is 261 g/mol. The number of likely N-dealkylation sites (N-methyl/N-ethyl adjacent to an activating group) is 1. The van der Waals surface area contributed by atoms with Crippen molar-refractivity contribution in [2.75, 3.05) is 20.1 Å². The predicted molar refractivity (Wildman–Crippen MR) is 73.5 cm³/mol. The van der Waals surface area contributed by atoms with Gasteiger partial charge in [0.05, 0.1) is 4.34 Å². The Morgan fingerprint density at radius 3 is 2.56 bits per heavy atom. The molecule has 2 nitrogen and oxygen atoms in total. The summed E-state index contributed by atoms with van der Waals surface area (Å²) in [7, 11) is 2.15. The van der Waals surface area contributed by atoms with Crippen LogP contribution in [-0.4, -0.2) is 31.1 Å². The van der Waals surface area contributed by atoms with E-state index in [2.05, 4.69) is 44.1 Å². The lowest BCUT2D eigenvalue weighted by molar-refractivity contribution is 0.270. The van der Waals surface area contributed by atoms with E-state index in [4.69, 9.17) is 11.6 Å². The molecule has 4 heteroatoms. The van der Waals surface area contributed by atoms with Crippen LogP contribution < -0.4 is 5.32 Å². The Morgan fingerprint density at radius 1 is 1.38 bits per heavy atom. The second-order valence-electron chi connectivity index (χ2n) is 4.39. The van der Waals surface area contributed by atoms with E-state index in [9.17, 15) is 0 Å². The average Bonchev–Trinajstić information content (AvgIpc) is 2.64. The maximum Gasteiger partial charge on any atom is 0.0931 e. The minimum Gasteiger partial charge on any atom is -0.308 e. The van der Waals surface area contributed by atoms with Crippen LogP contribution in [0.5, 0.6) is 0 Å². The molecule has 1 rings (SSSR count). The Labute approximate surface area is 108 Å². The minimum atomic E-state index is 0.387. The van der Waals surface area contributed by atoms with Crippen LogP contribution in [-0.2, 0) is 0 Å². The van der Waals surface area contributed by atoms with E-state index >= 15 is 0 Å². The maximum atomic E-state index is 5.91. The number of hydrogen-bond donors (Lipinski definition) is 1. The van der Waals surface area contributed by atoms with Crippen molar-refractivity contribution >= 4 is 22.9 Å². The summed E-state index contributed by atoms with van der Waals surface area (Å²) in [5, 5.41) is 3.51. The molecule has 0 radical (unpaired) electrons. The third kappa shape index (κ3) is 4.42. The first-order chi connectivity index (χ1) is 7.50. The highest BCUT2D eigenvalue weighted by Gasteiger charge is 2.08. The molecular weight excluding hydrogens is 240 g/mol. The highest BCUT2D eigenvalue weighted by Crippen LogP contribution is 2.26. The normalized spacial score (nSPS) is 13.7. The lowest BCUT2D eigenvalue weighted by Gasteiger charge is -2.22. The second kappa shape index (κ2) is 6.60. The molecule has 1 aromatic rings. The van der Waals surface area contributed by atoms with E-state index in [1.54, 1.807) is 11.3 Å². The molecule has 0 fully saturated rings. The zero-order chi connectivity index (χ0) is 12.1. The highest BCUT2D eigenvalue weighted by molar-refractivity contribution is 7.16. The molecule has 92 valence electrons. The summed E-state index contributed by atoms with van der Waals surface area (Å²) >= 11 is 7.56. The molecule has 0 aliphatic rings. The number of rotatable bonds is 6. The summed E-state index contributed by atoms with van der Waals surface area (Å²) in [5.41, 5.74) is 0. The fourth-order valence-corrected chi connectivity index (χ4v) is 2.46. The van der Waals surface area contributed by atoms with Gasteiger partial charge in [-0.1, -0.05) is 11.6 Å². The largest absolute Gasteiger partial charge is 0.308 e. The van der Waals surface area contributed by atoms with Crippen LogP contribution in [0, 0.1) is 0 Å². The number of thiophene rings is 1. The molecule has 0 spiro atoms. The van der Waals surface area contributed by atoms with Crippen molar-refractivity contribution in [2.45, 2.75) is 32.9 Å². The van der Waals surface area contributed by atoms with Crippen molar-refractivity contribution in [3.8, 4) is 0 Å². The van der Waals surface area contributed by atoms with Crippen molar-refractivity contribution in [3.63, 3.8) is 0 Å². The van der Waals surface area contributed by atoms with Gasteiger partial charge in [-0.25, -0.2) is 0 Å². The Hall–Kier alpha value is -0.0900. The van der Waals surface area contributed by atoms with E-state index in [1.165, 1.54) is 4.88 Å². The summed E-state index contributed by atoms with van der Waals surface area (Å²) < 4.78 is 0.864. The molecule has 0 saturated carbocycles. The quantitative estimate of drug-likeness (QED) is 0.844. The van der Waals surface area contributed by atoms with Gasteiger partial charge in [-0.05, 0) is 40.0 Å². The Morgan fingerprint density at radius 2 is 2.06 bits per heavy atom. The zero-order valence-corrected chi connectivity index (χ0v) is 12.0. The number of nitrogens with zero attached hydrogens (tertiary/aromatic N) is 1. The molecule has 1 unspecified atom stereocenters.